The minimum Gasteiger partial charge on any atom is -0.493 e. The molecule has 3 aromatic carbocycles. The third-order valence-electron chi connectivity index (χ3n) is 6.89. The van der Waals surface area contributed by atoms with Crippen LogP contribution in [0.2, 0.25) is 0 Å². The highest BCUT2D eigenvalue weighted by Crippen LogP contribution is 2.38. The minimum absolute atomic E-state index is 0.134. The first-order chi connectivity index (χ1) is 21.4. The van der Waals surface area contributed by atoms with E-state index in [0.29, 0.717) is 54.7 Å². The summed E-state index contributed by atoms with van der Waals surface area (Å²) in [6.07, 6.45) is 1.67. The lowest BCUT2D eigenvalue weighted by Gasteiger charge is -2.26. The molecule has 0 unspecified atom stereocenters. The molecule has 10 nitrogen and oxygen atoms in total. The van der Waals surface area contributed by atoms with Gasteiger partial charge >= 0.3 is 5.97 Å². The number of esters is 1. The highest BCUT2D eigenvalue weighted by atomic mass is 32.1. The van der Waals surface area contributed by atoms with Crippen molar-refractivity contribution in [2.24, 2.45) is 4.99 Å². The Labute approximate surface area is 257 Å². The first kappa shape index (κ1) is 30.1. The van der Waals surface area contributed by atoms with E-state index in [9.17, 15) is 9.59 Å². The molecule has 0 aliphatic carbocycles. The van der Waals surface area contributed by atoms with Crippen molar-refractivity contribution in [3.63, 3.8) is 0 Å². The number of fused-ring (bicyclic) bond motifs is 1. The Kier molecular flexibility index (Phi) is 9.12. The normalized spacial score (nSPS) is 14.2. The molecule has 1 atom stereocenters. The van der Waals surface area contributed by atoms with E-state index in [-0.39, 0.29) is 24.3 Å². The van der Waals surface area contributed by atoms with Crippen LogP contribution in [0.25, 0.3) is 11.8 Å². The van der Waals surface area contributed by atoms with Gasteiger partial charge in [0.15, 0.2) is 34.4 Å². The molecule has 0 saturated carbocycles. The number of carbonyl (C=O) groups is 1. The average Bonchev–Trinajstić information content (AvgIpc) is 3.37. The Morgan fingerprint density at radius 1 is 1.00 bits per heavy atom. The van der Waals surface area contributed by atoms with Crippen molar-refractivity contribution in [3.8, 4) is 29.1 Å². The maximum absolute atomic E-state index is 14.3. The summed E-state index contributed by atoms with van der Waals surface area (Å²) in [5.41, 5.74) is 2.07. The van der Waals surface area contributed by atoms with E-state index in [4.69, 9.17) is 33.9 Å². The SMILES string of the molecule is CCOC(=O)C1=C(c2ccccc2)N=c2s/c(=C\c3cccc(OC)c3OCC#N)c(=O)n2[C@@H]1c1ccc(OC)c(OC)c1. The van der Waals surface area contributed by atoms with Crippen molar-refractivity contribution < 1.29 is 28.5 Å². The Bertz CT molecular complexity index is 1960. The number of nitrogens with zero attached hydrogens (tertiary/aromatic N) is 3. The van der Waals surface area contributed by atoms with Crippen molar-refractivity contribution in [1.82, 2.24) is 4.57 Å². The van der Waals surface area contributed by atoms with Crippen LogP contribution in [0.5, 0.6) is 23.0 Å². The van der Waals surface area contributed by atoms with Crippen LogP contribution < -0.4 is 33.8 Å². The van der Waals surface area contributed by atoms with Gasteiger partial charge in [0.1, 0.15) is 6.07 Å². The van der Waals surface area contributed by atoms with Crippen molar-refractivity contribution in [2.75, 3.05) is 34.5 Å². The summed E-state index contributed by atoms with van der Waals surface area (Å²) in [5, 5.41) is 9.11. The number of ether oxygens (including phenoxy) is 5. The Morgan fingerprint density at radius 2 is 1.75 bits per heavy atom. The summed E-state index contributed by atoms with van der Waals surface area (Å²) < 4.78 is 29.5. The molecule has 1 aliphatic heterocycles. The molecular formula is C33H29N3O7S. The second-order valence-electron chi connectivity index (χ2n) is 9.37. The van der Waals surface area contributed by atoms with Gasteiger partial charge in [-0.3, -0.25) is 9.36 Å². The molecule has 0 fully saturated rings. The first-order valence-electron chi connectivity index (χ1n) is 13.6. The number of hydrogen-bond acceptors (Lipinski definition) is 10. The van der Waals surface area contributed by atoms with E-state index in [0.717, 1.165) is 0 Å². The quantitative estimate of drug-likeness (QED) is 0.248. The highest BCUT2D eigenvalue weighted by Gasteiger charge is 2.35. The topological polar surface area (TPSA) is 121 Å². The van der Waals surface area contributed by atoms with E-state index in [1.54, 1.807) is 49.4 Å². The van der Waals surface area contributed by atoms with Crippen LogP contribution in [-0.4, -0.2) is 45.1 Å². The van der Waals surface area contributed by atoms with Crippen LogP contribution in [0.3, 0.4) is 0 Å². The standard InChI is InChI=1S/C33H29N3O7S/c1-5-42-32(38)27-28(20-10-7-6-8-11-20)35-33-36(29(27)21-14-15-23(39-2)25(18-21)41-4)31(37)26(44-33)19-22-12-9-13-24(40-3)30(22)43-17-16-34/h6-15,18-19,29H,5,17H2,1-4H3/b26-19-/t29-/m1/s1. The zero-order chi connectivity index (χ0) is 31.2. The molecule has 0 bridgehead atoms. The third-order valence-corrected chi connectivity index (χ3v) is 7.88. The third kappa shape index (κ3) is 5.67. The molecule has 44 heavy (non-hydrogen) atoms. The molecule has 224 valence electrons. The van der Waals surface area contributed by atoms with E-state index < -0.39 is 12.0 Å². The van der Waals surface area contributed by atoms with Gasteiger partial charge in [-0.15, -0.1) is 0 Å². The molecule has 4 aromatic rings. The predicted octanol–water partition coefficient (Wildman–Crippen LogP) is 3.86. The summed E-state index contributed by atoms with van der Waals surface area (Å²) >= 11 is 1.17. The van der Waals surface area contributed by atoms with Gasteiger partial charge < -0.3 is 23.7 Å². The number of aromatic nitrogens is 1. The number of hydrogen-bond donors (Lipinski definition) is 0. The number of thiazole rings is 1. The number of rotatable bonds is 10. The molecule has 0 amide bonds. The monoisotopic (exact) mass is 611 g/mol. The van der Waals surface area contributed by atoms with Crippen LogP contribution >= 0.6 is 11.3 Å². The lowest BCUT2D eigenvalue weighted by molar-refractivity contribution is -0.138. The molecule has 1 aromatic heterocycles. The Balaban J connectivity index is 1.83. The first-order valence-corrected chi connectivity index (χ1v) is 14.4. The van der Waals surface area contributed by atoms with Gasteiger partial charge in [0.25, 0.3) is 5.56 Å². The van der Waals surface area contributed by atoms with Crippen LogP contribution in [0, 0.1) is 11.3 Å². The molecule has 1 aliphatic rings. The van der Waals surface area contributed by atoms with E-state index in [1.165, 1.54) is 37.2 Å². The number of carbonyl (C=O) groups excluding carboxylic acids is 1. The average molecular weight is 612 g/mol. The van der Waals surface area contributed by atoms with Crippen molar-refractivity contribution in [1.29, 1.82) is 5.26 Å². The number of benzene rings is 3. The molecular weight excluding hydrogens is 582 g/mol. The van der Waals surface area contributed by atoms with Gasteiger partial charge in [-0.2, -0.15) is 5.26 Å². The van der Waals surface area contributed by atoms with Crippen molar-refractivity contribution >= 4 is 29.1 Å². The van der Waals surface area contributed by atoms with E-state index >= 15 is 0 Å². The fourth-order valence-electron chi connectivity index (χ4n) is 4.99. The molecule has 2 heterocycles. The van der Waals surface area contributed by atoms with Gasteiger partial charge in [0, 0.05) is 11.1 Å². The fraction of sp³-hybridized carbons (Fsp3) is 0.212. The lowest BCUT2D eigenvalue weighted by atomic mass is 9.93. The smallest absolute Gasteiger partial charge is 0.338 e. The second-order valence-corrected chi connectivity index (χ2v) is 10.4. The summed E-state index contributed by atoms with van der Waals surface area (Å²) in [7, 11) is 4.55. The summed E-state index contributed by atoms with van der Waals surface area (Å²) in [6, 6.07) is 20.8. The zero-order valence-electron chi connectivity index (χ0n) is 24.5. The van der Waals surface area contributed by atoms with Gasteiger partial charge in [-0.05, 0) is 36.8 Å². The molecule has 5 rings (SSSR count). The van der Waals surface area contributed by atoms with Crippen molar-refractivity contribution in [3.05, 3.63) is 109 Å². The number of nitriles is 1. The van der Waals surface area contributed by atoms with Gasteiger partial charge in [-0.25, -0.2) is 9.79 Å². The Morgan fingerprint density at radius 3 is 2.43 bits per heavy atom. The molecule has 0 saturated heterocycles. The predicted molar refractivity (Wildman–Crippen MR) is 165 cm³/mol. The van der Waals surface area contributed by atoms with Crippen LogP contribution in [-0.2, 0) is 9.53 Å². The van der Waals surface area contributed by atoms with Crippen LogP contribution in [0.1, 0.15) is 29.7 Å². The zero-order valence-corrected chi connectivity index (χ0v) is 25.3. The molecule has 0 N–H and O–H groups in total. The van der Waals surface area contributed by atoms with Crippen LogP contribution in [0.15, 0.2) is 82.1 Å². The maximum atomic E-state index is 14.3. The van der Waals surface area contributed by atoms with E-state index in [2.05, 4.69) is 0 Å². The van der Waals surface area contributed by atoms with Gasteiger partial charge in [-0.1, -0.05) is 59.9 Å². The number of methoxy groups -OCH3 is 3. The lowest BCUT2D eigenvalue weighted by Crippen LogP contribution is -2.40. The second kappa shape index (κ2) is 13.3. The highest BCUT2D eigenvalue weighted by molar-refractivity contribution is 7.07. The maximum Gasteiger partial charge on any atom is 0.338 e. The molecule has 0 spiro atoms. The van der Waals surface area contributed by atoms with Crippen molar-refractivity contribution in [2.45, 2.75) is 13.0 Å². The number of para-hydroxylation sites is 1. The summed E-state index contributed by atoms with van der Waals surface area (Å²) in [4.78, 5) is 33.2. The summed E-state index contributed by atoms with van der Waals surface area (Å²) in [6.45, 7) is 1.65. The van der Waals surface area contributed by atoms with Gasteiger partial charge in [0.05, 0.1) is 49.8 Å². The summed E-state index contributed by atoms with van der Waals surface area (Å²) in [5.74, 6) is 1.09. The largest absolute Gasteiger partial charge is 0.493 e. The minimum atomic E-state index is -0.901. The van der Waals surface area contributed by atoms with E-state index in [1.807, 2.05) is 36.4 Å². The Hall–Kier alpha value is -5.34. The fourth-order valence-corrected chi connectivity index (χ4v) is 5.98. The van der Waals surface area contributed by atoms with Gasteiger partial charge in [0.2, 0.25) is 0 Å². The van der Waals surface area contributed by atoms with Crippen LogP contribution in [0.4, 0.5) is 0 Å². The molecule has 0 radical (unpaired) electrons. The molecule has 11 heteroatoms.